The molecular formula is C25H34N2O2. The third-order valence-electron chi connectivity index (χ3n) is 5.84. The molecule has 0 aliphatic carbocycles. The Bertz CT molecular complexity index is 737. The number of hydrogen-bond acceptors (Lipinski definition) is 3. The highest BCUT2D eigenvalue weighted by atomic mass is 16.5. The Kier molecular flexibility index (Phi) is 8.26. The first-order valence-corrected chi connectivity index (χ1v) is 10.7. The van der Waals surface area contributed by atoms with Crippen molar-refractivity contribution in [3.8, 4) is 0 Å². The monoisotopic (exact) mass is 394 g/mol. The van der Waals surface area contributed by atoms with E-state index < -0.39 is 0 Å². The van der Waals surface area contributed by atoms with E-state index in [0.717, 1.165) is 57.6 Å². The second kappa shape index (κ2) is 11.1. The molecule has 1 aliphatic rings. The molecule has 156 valence electrons. The van der Waals surface area contributed by atoms with Crippen LogP contribution < -0.4 is 0 Å². The van der Waals surface area contributed by atoms with E-state index >= 15 is 0 Å². The Labute approximate surface area is 175 Å². The third-order valence-corrected chi connectivity index (χ3v) is 5.84. The molecule has 0 saturated carbocycles. The van der Waals surface area contributed by atoms with Gasteiger partial charge in [-0.25, -0.2) is 0 Å². The van der Waals surface area contributed by atoms with Gasteiger partial charge in [-0.05, 0) is 48.9 Å². The summed E-state index contributed by atoms with van der Waals surface area (Å²) in [5, 5.41) is 0. The van der Waals surface area contributed by atoms with Crippen molar-refractivity contribution in [1.82, 2.24) is 9.80 Å². The summed E-state index contributed by atoms with van der Waals surface area (Å²) in [7, 11) is 3.87. The van der Waals surface area contributed by atoms with Crippen LogP contribution in [0, 0.1) is 5.92 Å². The Morgan fingerprint density at radius 2 is 1.66 bits per heavy atom. The zero-order chi connectivity index (χ0) is 20.5. The van der Waals surface area contributed by atoms with Crippen molar-refractivity contribution in [3.05, 3.63) is 71.3 Å². The summed E-state index contributed by atoms with van der Waals surface area (Å²) in [5.74, 6) is 0.933. The second-order valence-corrected chi connectivity index (χ2v) is 8.24. The van der Waals surface area contributed by atoms with Crippen LogP contribution in [0.15, 0.2) is 54.6 Å². The maximum absolute atomic E-state index is 12.5. The van der Waals surface area contributed by atoms with Crippen molar-refractivity contribution in [2.45, 2.75) is 32.2 Å². The number of hydrogen-bond donors (Lipinski definition) is 0. The van der Waals surface area contributed by atoms with Gasteiger partial charge < -0.3 is 9.64 Å². The number of rotatable bonds is 9. The number of carbonyl (C=O) groups is 1. The number of likely N-dealkylation sites (N-methyl/N-ethyl adjacent to an activating group) is 1. The summed E-state index contributed by atoms with van der Waals surface area (Å²) < 4.78 is 5.14. The maximum Gasteiger partial charge on any atom is 0.226 e. The van der Waals surface area contributed by atoms with Crippen molar-refractivity contribution in [3.63, 3.8) is 0 Å². The first-order chi connectivity index (χ1) is 14.1. The molecule has 3 rings (SSSR count). The molecule has 2 aromatic carbocycles. The van der Waals surface area contributed by atoms with Gasteiger partial charge in [0.2, 0.25) is 5.91 Å². The first-order valence-electron chi connectivity index (χ1n) is 10.7. The highest BCUT2D eigenvalue weighted by Crippen LogP contribution is 2.22. The molecule has 2 aromatic rings. The zero-order valence-electron chi connectivity index (χ0n) is 17.8. The van der Waals surface area contributed by atoms with Gasteiger partial charge in [0, 0.05) is 33.3 Å². The molecule has 0 atom stereocenters. The molecule has 0 unspecified atom stereocenters. The number of carbonyl (C=O) groups excluding carboxylic acids is 1. The number of methoxy groups -OCH3 is 1. The number of likely N-dealkylation sites (tertiary alicyclic amines) is 1. The van der Waals surface area contributed by atoms with Gasteiger partial charge in [0.05, 0.1) is 13.0 Å². The highest BCUT2D eigenvalue weighted by molar-refractivity contribution is 5.78. The van der Waals surface area contributed by atoms with Crippen LogP contribution in [0.2, 0.25) is 0 Å². The quantitative estimate of drug-likeness (QED) is 0.649. The molecular weight excluding hydrogens is 360 g/mol. The van der Waals surface area contributed by atoms with Crippen LogP contribution in [0.3, 0.4) is 0 Å². The molecule has 1 aliphatic heterocycles. The van der Waals surface area contributed by atoms with E-state index in [4.69, 9.17) is 4.74 Å². The molecule has 29 heavy (non-hydrogen) atoms. The number of amides is 1. The molecule has 1 fully saturated rings. The average Bonchev–Trinajstić information content (AvgIpc) is 2.75. The maximum atomic E-state index is 12.5. The largest absolute Gasteiger partial charge is 0.383 e. The van der Waals surface area contributed by atoms with Crippen LogP contribution in [-0.2, 0) is 28.9 Å². The normalized spacial score (nSPS) is 15.1. The minimum Gasteiger partial charge on any atom is -0.383 e. The van der Waals surface area contributed by atoms with Gasteiger partial charge in [-0.1, -0.05) is 54.6 Å². The molecule has 0 aromatic heterocycles. The van der Waals surface area contributed by atoms with Crippen LogP contribution >= 0.6 is 0 Å². The predicted molar refractivity (Wildman–Crippen MR) is 118 cm³/mol. The Balaban J connectivity index is 1.41. The van der Waals surface area contributed by atoms with Gasteiger partial charge in [0.1, 0.15) is 0 Å². The minimum absolute atomic E-state index is 0.261. The second-order valence-electron chi connectivity index (χ2n) is 8.24. The number of nitrogens with zero attached hydrogens (tertiary/aromatic N) is 2. The van der Waals surface area contributed by atoms with Crippen molar-refractivity contribution >= 4 is 5.91 Å². The van der Waals surface area contributed by atoms with Gasteiger partial charge in [-0.15, -0.1) is 0 Å². The molecule has 0 spiro atoms. The van der Waals surface area contributed by atoms with E-state index in [-0.39, 0.29) is 5.91 Å². The van der Waals surface area contributed by atoms with Crippen molar-refractivity contribution in [1.29, 1.82) is 0 Å². The number of piperidine rings is 1. The van der Waals surface area contributed by atoms with Crippen molar-refractivity contribution < 1.29 is 9.53 Å². The topological polar surface area (TPSA) is 32.8 Å². The Morgan fingerprint density at radius 1 is 1.00 bits per heavy atom. The van der Waals surface area contributed by atoms with E-state index in [1.807, 2.05) is 35.2 Å². The molecule has 0 N–H and O–H groups in total. The molecule has 4 nitrogen and oxygen atoms in total. The summed E-state index contributed by atoms with van der Waals surface area (Å²) in [5.41, 5.74) is 3.85. The lowest BCUT2D eigenvalue weighted by Gasteiger charge is -2.32. The van der Waals surface area contributed by atoms with E-state index in [1.165, 1.54) is 11.1 Å². The van der Waals surface area contributed by atoms with E-state index in [9.17, 15) is 4.79 Å². The molecule has 1 amide bonds. The van der Waals surface area contributed by atoms with Gasteiger partial charge in [-0.2, -0.15) is 0 Å². The van der Waals surface area contributed by atoms with Crippen LogP contribution in [0.5, 0.6) is 0 Å². The summed E-state index contributed by atoms with van der Waals surface area (Å²) in [4.78, 5) is 16.9. The van der Waals surface area contributed by atoms with Gasteiger partial charge >= 0.3 is 0 Å². The molecule has 1 saturated heterocycles. The lowest BCUT2D eigenvalue weighted by molar-refractivity contribution is -0.131. The summed E-state index contributed by atoms with van der Waals surface area (Å²) in [6, 6.07) is 19.1. The molecule has 0 radical (unpaired) electrons. The Morgan fingerprint density at radius 3 is 2.31 bits per heavy atom. The van der Waals surface area contributed by atoms with Crippen LogP contribution in [0.1, 0.15) is 29.5 Å². The van der Waals surface area contributed by atoms with E-state index in [0.29, 0.717) is 12.3 Å². The van der Waals surface area contributed by atoms with Crippen LogP contribution in [0.25, 0.3) is 0 Å². The van der Waals surface area contributed by atoms with Crippen molar-refractivity contribution in [2.75, 3.05) is 40.4 Å². The average molecular weight is 395 g/mol. The fraction of sp³-hybridized carbons (Fsp3) is 0.480. The minimum atomic E-state index is 0.261. The summed E-state index contributed by atoms with van der Waals surface area (Å²) >= 11 is 0. The first kappa shape index (κ1) is 21.5. The zero-order valence-corrected chi connectivity index (χ0v) is 17.8. The smallest absolute Gasteiger partial charge is 0.226 e. The van der Waals surface area contributed by atoms with Gasteiger partial charge in [0.15, 0.2) is 0 Å². The third kappa shape index (κ3) is 6.98. The fourth-order valence-electron chi connectivity index (χ4n) is 4.02. The van der Waals surface area contributed by atoms with Crippen molar-refractivity contribution in [2.24, 2.45) is 5.92 Å². The van der Waals surface area contributed by atoms with Crippen LogP contribution in [0.4, 0.5) is 0 Å². The van der Waals surface area contributed by atoms with Gasteiger partial charge in [-0.3, -0.25) is 9.69 Å². The number of benzene rings is 2. The van der Waals surface area contributed by atoms with Gasteiger partial charge in [0.25, 0.3) is 0 Å². The van der Waals surface area contributed by atoms with Crippen LogP contribution in [-0.4, -0.2) is 56.1 Å². The SMILES string of the molecule is COCCN(C)Cc1ccc(CC2CCN(C(=O)Cc3ccccc3)CC2)cc1. The van der Waals surface area contributed by atoms with E-state index in [1.54, 1.807) is 7.11 Å². The summed E-state index contributed by atoms with van der Waals surface area (Å²) in [6.45, 7) is 4.43. The standard InChI is InChI=1S/C25H34N2O2/c1-26(16-17-29-2)20-24-10-8-22(9-11-24)18-23-12-14-27(15-13-23)25(28)19-21-6-4-3-5-7-21/h3-11,23H,12-20H2,1-2H3. The Hall–Kier alpha value is -2.17. The lowest BCUT2D eigenvalue weighted by Crippen LogP contribution is -2.39. The molecule has 1 heterocycles. The lowest BCUT2D eigenvalue weighted by atomic mass is 9.89. The van der Waals surface area contributed by atoms with E-state index in [2.05, 4.69) is 36.2 Å². The molecule has 0 bridgehead atoms. The summed E-state index contributed by atoms with van der Waals surface area (Å²) in [6.07, 6.45) is 3.83. The number of ether oxygens (including phenoxy) is 1. The highest BCUT2D eigenvalue weighted by Gasteiger charge is 2.23. The fourth-order valence-corrected chi connectivity index (χ4v) is 4.02. The molecule has 4 heteroatoms. The predicted octanol–water partition coefficient (Wildman–Crippen LogP) is 3.79.